The van der Waals surface area contributed by atoms with Crippen LogP contribution >= 0.6 is 12.4 Å². The molecule has 0 aliphatic rings. The van der Waals surface area contributed by atoms with E-state index in [1.54, 1.807) is 0 Å². The Hall–Kier alpha value is -0.950. The van der Waals surface area contributed by atoms with Crippen LogP contribution in [0, 0.1) is 6.92 Å². The van der Waals surface area contributed by atoms with Gasteiger partial charge in [0.15, 0.2) is 0 Å². The summed E-state index contributed by atoms with van der Waals surface area (Å²) >= 11 is 0. The molecule has 0 aliphatic heterocycles. The monoisotopic (exact) mass is 167 g/mol. The van der Waals surface area contributed by atoms with Crippen LogP contribution < -0.4 is 0 Å². The zero-order valence-corrected chi connectivity index (χ0v) is 7.11. The SMILES string of the molecule is Cc1c[nH]c2ccccc12.Cl. The van der Waals surface area contributed by atoms with Gasteiger partial charge in [-0.1, -0.05) is 18.2 Å². The molecule has 1 nitrogen and oxygen atoms in total. The van der Waals surface area contributed by atoms with E-state index in [1.165, 1.54) is 16.5 Å². The summed E-state index contributed by atoms with van der Waals surface area (Å²) in [5, 5.41) is 1.32. The van der Waals surface area contributed by atoms with Crippen LogP contribution in [0.5, 0.6) is 0 Å². The summed E-state index contributed by atoms with van der Waals surface area (Å²) in [5.41, 5.74) is 2.54. The summed E-state index contributed by atoms with van der Waals surface area (Å²) in [6.07, 6.45) is 2.03. The Balaban J connectivity index is 0.000000605. The van der Waals surface area contributed by atoms with Gasteiger partial charge in [-0.05, 0) is 18.6 Å². The van der Waals surface area contributed by atoms with E-state index in [1.807, 2.05) is 12.3 Å². The maximum Gasteiger partial charge on any atom is 0.0456 e. The van der Waals surface area contributed by atoms with Crippen LogP contribution in [-0.4, -0.2) is 4.98 Å². The van der Waals surface area contributed by atoms with E-state index in [4.69, 9.17) is 0 Å². The third kappa shape index (κ3) is 1.24. The zero-order valence-electron chi connectivity index (χ0n) is 6.29. The van der Waals surface area contributed by atoms with Gasteiger partial charge >= 0.3 is 0 Å². The van der Waals surface area contributed by atoms with Crippen LogP contribution in [-0.2, 0) is 0 Å². The summed E-state index contributed by atoms with van der Waals surface area (Å²) in [4.78, 5) is 3.19. The van der Waals surface area contributed by atoms with Gasteiger partial charge in [0.05, 0.1) is 0 Å². The van der Waals surface area contributed by atoms with Gasteiger partial charge in [0.25, 0.3) is 0 Å². The molecule has 0 radical (unpaired) electrons. The molecule has 0 atom stereocenters. The molecule has 0 fully saturated rings. The lowest BCUT2D eigenvalue weighted by atomic mass is 10.2. The largest absolute Gasteiger partial charge is 0.361 e. The van der Waals surface area contributed by atoms with Crippen molar-refractivity contribution in [3.05, 3.63) is 36.0 Å². The lowest BCUT2D eigenvalue weighted by Gasteiger charge is -1.86. The molecule has 0 saturated heterocycles. The number of para-hydroxylation sites is 1. The van der Waals surface area contributed by atoms with Crippen LogP contribution in [0.15, 0.2) is 30.5 Å². The second-order valence-electron chi connectivity index (χ2n) is 2.52. The van der Waals surface area contributed by atoms with E-state index in [2.05, 4.69) is 30.1 Å². The maximum absolute atomic E-state index is 3.19. The molecule has 0 saturated carbocycles. The molecule has 2 heteroatoms. The first-order valence-electron chi connectivity index (χ1n) is 3.40. The first-order valence-corrected chi connectivity index (χ1v) is 3.40. The van der Waals surface area contributed by atoms with Crippen molar-refractivity contribution in [2.45, 2.75) is 6.92 Å². The van der Waals surface area contributed by atoms with Crippen molar-refractivity contribution in [3.63, 3.8) is 0 Å². The van der Waals surface area contributed by atoms with E-state index in [0.717, 1.165) is 0 Å². The molecule has 1 N–H and O–H groups in total. The molecule has 0 bridgehead atoms. The molecule has 2 rings (SSSR count). The Kier molecular flexibility index (Phi) is 2.20. The van der Waals surface area contributed by atoms with Crippen molar-refractivity contribution in [1.29, 1.82) is 0 Å². The quantitative estimate of drug-likeness (QED) is 0.621. The van der Waals surface area contributed by atoms with Gasteiger partial charge in [0.1, 0.15) is 0 Å². The van der Waals surface area contributed by atoms with Gasteiger partial charge in [0, 0.05) is 17.1 Å². The Bertz CT molecular complexity index is 351. The van der Waals surface area contributed by atoms with E-state index in [0.29, 0.717) is 0 Å². The molecule has 1 aromatic carbocycles. The maximum atomic E-state index is 3.19. The van der Waals surface area contributed by atoms with Gasteiger partial charge in [-0.3, -0.25) is 0 Å². The van der Waals surface area contributed by atoms with E-state index >= 15 is 0 Å². The number of hydrogen-bond donors (Lipinski definition) is 1. The fourth-order valence-corrected chi connectivity index (χ4v) is 1.22. The number of hydrogen-bond acceptors (Lipinski definition) is 0. The Morgan fingerprint density at radius 2 is 1.91 bits per heavy atom. The van der Waals surface area contributed by atoms with Crippen LogP contribution in [0.3, 0.4) is 0 Å². The van der Waals surface area contributed by atoms with Crippen molar-refractivity contribution < 1.29 is 0 Å². The molecule has 11 heavy (non-hydrogen) atoms. The lowest BCUT2D eigenvalue weighted by molar-refractivity contribution is 1.43. The minimum atomic E-state index is 0. The fourth-order valence-electron chi connectivity index (χ4n) is 1.22. The van der Waals surface area contributed by atoms with Crippen molar-refractivity contribution in [1.82, 2.24) is 4.98 Å². The van der Waals surface area contributed by atoms with E-state index in [-0.39, 0.29) is 12.4 Å². The molecule has 0 aliphatic carbocycles. The number of aromatic nitrogens is 1. The molecule has 0 unspecified atom stereocenters. The fraction of sp³-hybridized carbons (Fsp3) is 0.111. The number of aryl methyl sites for hydroxylation is 1. The average Bonchev–Trinajstić information content (AvgIpc) is 2.34. The Morgan fingerprint density at radius 3 is 2.64 bits per heavy atom. The smallest absolute Gasteiger partial charge is 0.0456 e. The summed E-state index contributed by atoms with van der Waals surface area (Å²) in [6, 6.07) is 8.31. The predicted molar refractivity (Wildman–Crippen MR) is 50.3 cm³/mol. The van der Waals surface area contributed by atoms with Gasteiger partial charge in [-0.2, -0.15) is 0 Å². The highest BCUT2D eigenvalue weighted by molar-refractivity contribution is 5.85. The summed E-state index contributed by atoms with van der Waals surface area (Å²) in [6.45, 7) is 2.11. The molecule has 1 aromatic heterocycles. The number of benzene rings is 1. The van der Waals surface area contributed by atoms with Gasteiger partial charge in [-0.15, -0.1) is 12.4 Å². The minimum absolute atomic E-state index is 0. The number of H-pyrrole nitrogens is 1. The Morgan fingerprint density at radius 1 is 1.18 bits per heavy atom. The van der Waals surface area contributed by atoms with Crippen molar-refractivity contribution in [3.8, 4) is 0 Å². The van der Waals surface area contributed by atoms with Gasteiger partial charge in [-0.25, -0.2) is 0 Å². The molecule has 1 heterocycles. The van der Waals surface area contributed by atoms with Crippen LogP contribution in [0.25, 0.3) is 10.9 Å². The summed E-state index contributed by atoms with van der Waals surface area (Å²) in [5.74, 6) is 0. The van der Waals surface area contributed by atoms with Crippen molar-refractivity contribution in [2.24, 2.45) is 0 Å². The first kappa shape index (κ1) is 8.15. The van der Waals surface area contributed by atoms with Crippen LogP contribution in [0.2, 0.25) is 0 Å². The van der Waals surface area contributed by atoms with Gasteiger partial charge in [0.2, 0.25) is 0 Å². The molecule has 58 valence electrons. The lowest BCUT2D eigenvalue weighted by Crippen LogP contribution is -1.64. The number of rotatable bonds is 0. The molecular weight excluding hydrogens is 158 g/mol. The average molecular weight is 168 g/mol. The van der Waals surface area contributed by atoms with E-state index in [9.17, 15) is 0 Å². The number of aromatic amines is 1. The highest BCUT2D eigenvalue weighted by Crippen LogP contribution is 2.15. The summed E-state index contributed by atoms with van der Waals surface area (Å²) in [7, 11) is 0. The van der Waals surface area contributed by atoms with Crippen LogP contribution in [0.1, 0.15) is 5.56 Å². The third-order valence-corrected chi connectivity index (χ3v) is 1.80. The minimum Gasteiger partial charge on any atom is -0.361 e. The number of halogens is 1. The summed E-state index contributed by atoms with van der Waals surface area (Å²) < 4.78 is 0. The highest BCUT2D eigenvalue weighted by atomic mass is 35.5. The Labute approximate surface area is 71.8 Å². The third-order valence-electron chi connectivity index (χ3n) is 1.80. The zero-order chi connectivity index (χ0) is 6.97. The number of nitrogens with one attached hydrogen (secondary N) is 1. The predicted octanol–water partition coefficient (Wildman–Crippen LogP) is 2.90. The normalized spacial score (nSPS) is 9.55. The van der Waals surface area contributed by atoms with Crippen molar-refractivity contribution in [2.75, 3.05) is 0 Å². The number of fused-ring (bicyclic) bond motifs is 1. The molecular formula is C9H10ClN. The van der Waals surface area contributed by atoms with Crippen LogP contribution in [0.4, 0.5) is 0 Å². The second kappa shape index (κ2) is 2.97. The van der Waals surface area contributed by atoms with E-state index < -0.39 is 0 Å². The highest BCUT2D eigenvalue weighted by Gasteiger charge is 1.94. The van der Waals surface area contributed by atoms with Crippen molar-refractivity contribution >= 4 is 23.3 Å². The standard InChI is InChI=1S/C9H9N.ClH/c1-7-6-10-9-5-3-2-4-8(7)9;/h2-6,10H,1H3;1H. The second-order valence-corrected chi connectivity index (χ2v) is 2.52. The first-order chi connectivity index (χ1) is 4.88. The van der Waals surface area contributed by atoms with Gasteiger partial charge < -0.3 is 4.98 Å². The molecule has 2 aromatic rings. The molecule has 0 amide bonds. The topological polar surface area (TPSA) is 15.8 Å². The molecule has 0 spiro atoms.